The Morgan fingerprint density at radius 3 is 3.12 bits per heavy atom. The van der Waals surface area contributed by atoms with Crippen LogP contribution in [-0.2, 0) is 0 Å². The number of piperazine rings is 1. The van der Waals surface area contributed by atoms with Gasteiger partial charge >= 0.3 is 0 Å². The van der Waals surface area contributed by atoms with Crippen molar-refractivity contribution in [3.8, 4) is 0 Å². The number of anilines is 1. The fourth-order valence-corrected chi connectivity index (χ4v) is 3.01. The first-order chi connectivity index (χ1) is 8.22. The topological polar surface area (TPSA) is 15.3 Å². The molecule has 2 rings (SSSR count). The second-order valence-corrected chi connectivity index (χ2v) is 5.66. The molecular weight excluding hydrogens is 300 g/mol. The molecule has 2 nitrogen and oxygen atoms in total. The summed E-state index contributed by atoms with van der Waals surface area (Å²) in [7, 11) is 0. The minimum Gasteiger partial charge on any atom is -0.368 e. The maximum atomic E-state index is 6.14. The zero-order valence-corrected chi connectivity index (χ0v) is 12.4. The van der Waals surface area contributed by atoms with Crippen molar-refractivity contribution in [2.75, 3.05) is 24.5 Å². The lowest BCUT2D eigenvalue weighted by atomic mass is 10.1. The lowest BCUT2D eigenvalue weighted by Gasteiger charge is -2.36. The third-order valence-electron chi connectivity index (χ3n) is 3.16. The number of hydrogen-bond acceptors (Lipinski definition) is 2. The average Bonchev–Trinajstić information content (AvgIpc) is 2.33. The smallest absolute Gasteiger partial charge is 0.0595 e. The highest BCUT2D eigenvalue weighted by atomic mass is 79.9. The Morgan fingerprint density at radius 2 is 2.35 bits per heavy atom. The van der Waals surface area contributed by atoms with Crippen LogP contribution in [0.25, 0.3) is 0 Å². The van der Waals surface area contributed by atoms with E-state index < -0.39 is 0 Å². The van der Waals surface area contributed by atoms with Crippen LogP contribution in [-0.4, -0.2) is 25.7 Å². The molecule has 94 valence electrons. The molecule has 0 radical (unpaired) electrons. The molecule has 4 heteroatoms. The fourth-order valence-electron chi connectivity index (χ4n) is 2.32. The minimum atomic E-state index is 0.597. The predicted octanol–water partition coefficient (Wildman–Crippen LogP) is 3.68. The second kappa shape index (κ2) is 6.07. The molecule has 1 atom stereocenters. The average molecular weight is 318 g/mol. The van der Waals surface area contributed by atoms with Crippen molar-refractivity contribution < 1.29 is 0 Å². The van der Waals surface area contributed by atoms with E-state index in [-0.39, 0.29) is 0 Å². The van der Waals surface area contributed by atoms with Gasteiger partial charge in [0.1, 0.15) is 0 Å². The van der Waals surface area contributed by atoms with E-state index in [9.17, 15) is 0 Å². The van der Waals surface area contributed by atoms with Crippen LogP contribution in [0.3, 0.4) is 0 Å². The van der Waals surface area contributed by atoms with Gasteiger partial charge < -0.3 is 10.2 Å². The number of hydrogen-bond donors (Lipinski definition) is 1. The predicted molar refractivity (Wildman–Crippen MR) is 78.1 cm³/mol. The van der Waals surface area contributed by atoms with Crippen LogP contribution >= 0.6 is 27.5 Å². The number of benzene rings is 1. The monoisotopic (exact) mass is 316 g/mol. The quantitative estimate of drug-likeness (QED) is 0.915. The van der Waals surface area contributed by atoms with Crippen molar-refractivity contribution in [1.29, 1.82) is 0 Å². The van der Waals surface area contributed by atoms with Gasteiger partial charge in [-0.2, -0.15) is 0 Å². The molecule has 1 unspecified atom stereocenters. The van der Waals surface area contributed by atoms with Gasteiger partial charge in [0, 0.05) is 25.7 Å². The van der Waals surface area contributed by atoms with Crippen LogP contribution in [0, 0.1) is 0 Å². The molecule has 1 aromatic carbocycles. The van der Waals surface area contributed by atoms with Gasteiger partial charge in [-0.3, -0.25) is 0 Å². The van der Waals surface area contributed by atoms with E-state index in [2.05, 4.69) is 39.1 Å². The van der Waals surface area contributed by atoms with Crippen molar-refractivity contribution in [3.63, 3.8) is 0 Å². The molecule has 1 aliphatic rings. The molecule has 0 amide bonds. The summed E-state index contributed by atoms with van der Waals surface area (Å²) in [4.78, 5) is 2.41. The molecule has 1 aliphatic heterocycles. The summed E-state index contributed by atoms with van der Waals surface area (Å²) in [6.45, 7) is 5.38. The molecule has 0 bridgehead atoms. The van der Waals surface area contributed by atoms with Crippen molar-refractivity contribution in [2.24, 2.45) is 0 Å². The van der Waals surface area contributed by atoms with Gasteiger partial charge in [0.05, 0.1) is 15.2 Å². The molecule has 1 heterocycles. The second-order valence-electron chi connectivity index (χ2n) is 4.46. The highest BCUT2D eigenvalue weighted by Crippen LogP contribution is 2.33. The molecule has 0 spiro atoms. The van der Waals surface area contributed by atoms with Gasteiger partial charge in [0.15, 0.2) is 0 Å². The number of rotatable bonds is 3. The maximum absolute atomic E-state index is 6.14. The molecule has 0 saturated carbocycles. The lowest BCUT2D eigenvalue weighted by molar-refractivity contribution is 0.430. The molecule has 17 heavy (non-hydrogen) atoms. The summed E-state index contributed by atoms with van der Waals surface area (Å²) in [6, 6.07) is 6.66. The Hall–Kier alpha value is -0.250. The highest BCUT2D eigenvalue weighted by molar-refractivity contribution is 9.10. The summed E-state index contributed by atoms with van der Waals surface area (Å²) in [5, 5.41) is 4.35. The third-order valence-corrected chi connectivity index (χ3v) is 4.54. The summed E-state index contributed by atoms with van der Waals surface area (Å²) < 4.78 is 1.01. The molecule has 1 N–H and O–H groups in total. The summed E-state index contributed by atoms with van der Waals surface area (Å²) in [5.41, 5.74) is 1.21. The largest absolute Gasteiger partial charge is 0.368 e. The van der Waals surface area contributed by atoms with Crippen molar-refractivity contribution in [2.45, 2.75) is 25.8 Å². The molecule has 1 fully saturated rings. The number of halogens is 2. The van der Waals surface area contributed by atoms with Crippen molar-refractivity contribution >= 4 is 33.2 Å². The van der Waals surface area contributed by atoms with E-state index in [0.717, 1.165) is 29.1 Å². The van der Waals surface area contributed by atoms with Gasteiger partial charge in [-0.1, -0.05) is 31.0 Å². The van der Waals surface area contributed by atoms with Crippen LogP contribution in [0.2, 0.25) is 5.02 Å². The summed E-state index contributed by atoms with van der Waals surface area (Å²) in [6.07, 6.45) is 2.46. The van der Waals surface area contributed by atoms with Crippen LogP contribution in [0.5, 0.6) is 0 Å². The van der Waals surface area contributed by atoms with Gasteiger partial charge in [0.25, 0.3) is 0 Å². The van der Waals surface area contributed by atoms with Crippen molar-refractivity contribution in [1.82, 2.24) is 5.32 Å². The maximum Gasteiger partial charge on any atom is 0.0595 e. The summed E-state index contributed by atoms with van der Waals surface area (Å²) in [5.74, 6) is 0. The van der Waals surface area contributed by atoms with E-state index in [1.165, 1.54) is 18.5 Å². The van der Waals surface area contributed by atoms with Gasteiger partial charge in [-0.25, -0.2) is 0 Å². The Balaban J connectivity index is 2.13. The lowest BCUT2D eigenvalue weighted by Crippen LogP contribution is -2.50. The van der Waals surface area contributed by atoms with E-state index >= 15 is 0 Å². The van der Waals surface area contributed by atoms with Gasteiger partial charge in [-0.05, 0) is 34.5 Å². The molecular formula is C13H18BrClN2. The van der Waals surface area contributed by atoms with E-state index in [1.807, 2.05) is 12.1 Å². The first-order valence-electron chi connectivity index (χ1n) is 6.14. The SMILES string of the molecule is CCCC1CN(c2cccc(Cl)c2Br)CCN1. The van der Waals surface area contributed by atoms with Gasteiger partial charge in [0.2, 0.25) is 0 Å². The van der Waals surface area contributed by atoms with Crippen LogP contribution in [0.4, 0.5) is 5.69 Å². The Labute approximate surface area is 116 Å². The zero-order chi connectivity index (χ0) is 12.3. The van der Waals surface area contributed by atoms with E-state index in [1.54, 1.807) is 0 Å². The van der Waals surface area contributed by atoms with E-state index in [4.69, 9.17) is 11.6 Å². The van der Waals surface area contributed by atoms with Crippen LogP contribution in [0.1, 0.15) is 19.8 Å². The normalized spacial score (nSPS) is 20.6. The minimum absolute atomic E-state index is 0.597. The molecule has 1 aromatic rings. The number of nitrogens with one attached hydrogen (secondary N) is 1. The first-order valence-corrected chi connectivity index (χ1v) is 7.31. The zero-order valence-electron chi connectivity index (χ0n) is 10.0. The van der Waals surface area contributed by atoms with Crippen LogP contribution < -0.4 is 10.2 Å². The Morgan fingerprint density at radius 1 is 1.53 bits per heavy atom. The molecule has 1 saturated heterocycles. The Bertz CT molecular complexity index is 382. The van der Waals surface area contributed by atoms with Crippen molar-refractivity contribution in [3.05, 3.63) is 27.7 Å². The summed E-state index contributed by atoms with van der Waals surface area (Å²) >= 11 is 9.72. The van der Waals surface area contributed by atoms with E-state index in [0.29, 0.717) is 6.04 Å². The number of nitrogens with zero attached hydrogens (tertiary/aromatic N) is 1. The first kappa shape index (κ1) is 13.2. The molecule has 0 aliphatic carbocycles. The standard InChI is InChI=1S/C13H18BrClN2/c1-2-4-10-9-17(8-7-16-10)12-6-3-5-11(15)13(12)14/h3,5-6,10,16H,2,4,7-9H2,1H3. The fraction of sp³-hybridized carbons (Fsp3) is 0.538. The Kier molecular flexibility index (Phi) is 4.71. The van der Waals surface area contributed by atoms with Crippen LogP contribution in [0.15, 0.2) is 22.7 Å². The highest BCUT2D eigenvalue weighted by Gasteiger charge is 2.20. The van der Waals surface area contributed by atoms with Gasteiger partial charge in [-0.15, -0.1) is 0 Å². The third kappa shape index (κ3) is 3.15. The molecule has 0 aromatic heterocycles.